The van der Waals surface area contributed by atoms with Crippen LogP contribution in [0.15, 0.2) is 60.8 Å². The van der Waals surface area contributed by atoms with Gasteiger partial charge in [-0.1, -0.05) is 48.5 Å². The zero-order valence-electron chi connectivity index (χ0n) is 16.6. The summed E-state index contributed by atoms with van der Waals surface area (Å²) in [6, 6.07) is 16.5. The van der Waals surface area contributed by atoms with Gasteiger partial charge in [0, 0.05) is 30.2 Å². The number of para-hydroxylation sites is 1. The van der Waals surface area contributed by atoms with Crippen LogP contribution < -0.4 is 10.6 Å². The van der Waals surface area contributed by atoms with Crippen molar-refractivity contribution >= 4 is 28.7 Å². The molecule has 4 amide bonds. The first-order valence-electron chi connectivity index (χ1n) is 10.1. The Bertz CT molecular complexity index is 1060. The largest absolute Gasteiger partial charge is 0.361 e. The molecule has 0 unspecified atom stereocenters. The highest BCUT2D eigenvalue weighted by Crippen LogP contribution is 2.19. The highest BCUT2D eigenvalue weighted by molar-refractivity contribution is 6.05. The molecule has 3 aromatic rings. The molecule has 7 heteroatoms. The SMILES string of the molecule is O=C(C[C@H]1NC(=O)N(CCc2c[nH]c3ccccc23)C1=O)NCCc1ccccc1. The highest BCUT2D eigenvalue weighted by Gasteiger charge is 2.38. The molecule has 3 N–H and O–H groups in total. The van der Waals surface area contributed by atoms with E-state index in [0.29, 0.717) is 19.4 Å². The number of benzene rings is 2. The molecule has 1 aliphatic heterocycles. The lowest BCUT2D eigenvalue weighted by Crippen LogP contribution is -2.37. The van der Waals surface area contributed by atoms with Crippen molar-refractivity contribution in [2.45, 2.75) is 25.3 Å². The minimum absolute atomic E-state index is 0.0526. The van der Waals surface area contributed by atoms with E-state index >= 15 is 0 Å². The predicted octanol–water partition coefficient (Wildman–Crippen LogP) is 2.38. The third-order valence-electron chi connectivity index (χ3n) is 5.35. The lowest BCUT2D eigenvalue weighted by molar-refractivity contribution is -0.130. The van der Waals surface area contributed by atoms with Crippen LogP contribution in [0.25, 0.3) is 10.9 Å². The van der Waals surface area contributed by atoms with Gasteiger partial charge in [-0.05, 0) is 30.0 Å². The highest BCUT2D eigenvalue weighted by atomic mass is 16.2. The Balaban J connectivity index is 1.27. The standard InChI is InChI=1S/C23H24N4O3/c28-21(24-12-10-16-6-2-1-3-7-16)14-20-22(29)27(23(30)26-20)13-11-17-15-25-19-9-5-4-8-18(17)19/h1-9,15,20,25H,10-14H2,(H,24,28)(H,26,30)/t20-/m1/s1. The van der Waals surface area contributed by atoms with Crippen LogP contribution in [0.1, 0.15) is 17.5 Å². The van der Waals surface area contributed by atoms with Gasteiger partial charge in [-0.3, -0.25) is 14.5 Å². The summed E-state index contributed by atoms with van der Waals surface area (Å²) in [4.78, 5) is 41.5. The van der Waals surface area contributed by atoms with Gasteiger partial charge in [-0.15, -0.1) is 0 Å². The smallest absolute Gasteiger partial charge is 0.324 e. The quantitative estimate of drug-likeness (QED) is 0.503. The Hall–Kier alpha value is -3.61. The molecule has 0 bridgehead atoms. The zero-order valence-corrected chi connectivity index (χ0v) is 16.6. The maximum absolute atomic E-state index is 12.6. The summed E-state index contributed by atoms with van der Waals surface area (Å²) in [7, 11) is 0. The molecule has 0 radical (unpaired) electrons. The molecular weight excluding hydrogens is 380 g/mol. The molecule has 1 fully saturated rings. The lowest BCUT2D eigenvalue weighted by atomic mass is 10.1. The van der Waals surface area contributed by atoms with Crippen LogP contribution in [-0.4, -0.2) is 46.9 Å². The molecule has 4 rings (SSSR count). The number of carbonyl (C=O) groups is 3. The van der Waals surface area contributed by atoms with Crippen molar-refractivity contribution in [1.29, 1.82) is 0 Å². The summed E-state index contributed by atoms with van der Waals surface area (Å²) in [6.45, 7) is 0.765. The first-order valence-corrected chi connectivity index (χ1v) is 10.1. The van der Waals surface area contributed by atoms with E-state index in [0.717, 1.165) is 22.0 Å². The van der Waals surface area contributed by atoms with Gasteiger partial charge in [0.1, 0.15) is 6.04 Å². The van der Waals surface area contributed by atoms with Crippen LogP contribution in [0.2, 0.25) is 0 Å². The summed E-state index contributed by atoms with van der Waals surface area (Å²) in [5.41, 5.74) is 3.20. The number of nitrogens with zero attached hydrogens (tertiary/aromatic N) is 1. The van der Waals surface area contributed by atoms with Crippen molar-refractivity contribution in [3.05, 3.63) is 71.9 Å². The van der Waals surface area contributed by atoms with Crippen LogP contribution in [0.5, 0.6) is 0 Å². The maximum Gasteiger partial charge on any atom is 0.324 e. The molecule has 154 valence electrons. The van der Waals surface area contributed by atoms with Crippen LogP contribution in [0.3, 0.4) is 0 Å². The molecule has 0 saturated carbocycles. The summed E-state index contributed by atoms with van der Waals surface area (Å²) in [5, 5.41) is 6.53. The van der Waals surface area contributed by atoms with Gasteiger partial charge in [0.05, 0.1) is 6.42 Å². The second kappa shape index (κ2) is 8.82. The van der Waals surface area contributed by atoms with Gasteiger partial charge in [-0.2, -0.15) is 0 Å². The van der Waals surface area contributed by atoms with E-state index in [1.54, 1.807) is 0 Å². The number of hydrogen-bond acceptors (Lipinski definition) is 3. The van der Waals surface area contributed by atoms with E-state index in [1.807, 2.05) is 60.8 Å². The number of H-pyrrole nitrogens is 1. The molecule has 2 heterocycles. The molecular formula is C23H24N4O3. The van der Waals surface area contributed by atoms with Gasteiger partial charge in [0.15, 0.2) is 0 Å². The normalized spacial score (nSPS) is 16.1. The van der Waals surface area contributed by atoms with E-state index in [2.05, 4.69) is 15.6 Å². The number of urea groups is 1. The van der Waals surface area contributed by atoms with E-state index < -0.39 is 12.1 Å². The Morgan fingerprint density at radius 3 is 2.60 bits per heavy atom. The third-order valence-corrected chi connectivity index (χ3v) is 5.35. The molecule has 1 saturated heterocycles. The van der Waals surface area contributed by atoms with Crippen LogP contribution in [0.4, 0.5) is 4.79 Å². The van der Waals surface area contributed by atoms with Gasteiger partial charge in [-0.25, -0.2) is 4.79 Å². The Morgan fingerprint density at radius 2 is 1.77 bits per heavy atom. The fourth-order valence-corrected chi connectivity index (χ4v) is 3.75. The second-order valence-corrected chi connectivity index (χ2v) is 7.39. The van der Waals surface area contributed by atoms with Crippen molar-refractivity contribution in [2.75, 3.05) is 13.1 Å². The molecule has 0 spiro atoms. The molecule has 30 heavy (non-hydrogen) atoms. The van der Waals surface area contributed by atoms with Gasteiger partial charge in [0.25, 0.3) is 5.91 Å². The number of carbonyl (C=O) groups excluding carboxylic acids is 3. The van der Waals surface area contributed by atoms with Crippen molar-refractivity contribution in [3.8, 4) is 0 Å². The zero-order chi connectivity index (χ0) is 20.9. The van der Waals surface area contributed by atoms with Crippen LogP contribution in [0, 0.1) is 0 Å². The maximum atomic E-state index is 12.6. The summed E-state index contributed by atoms with van der Waals surface area (Å²) >= 11 is 0. The summed E-state index contributed by atoms with van der Waals surface area (Å²) in [5.74, 6) is -0.596. The Labute approximate surface area is 174 Å². The number of fused-ring (bicyclic) bond motifs is 1. The molecule has 0 aliphatic carbocycles. The molecule has 1 aromatic heterocycles. The summed E-state index contributed by atoms with van der Waals surface area (Å²) < 4.78 is 0. The Morgan fingerprint density at radius 1 is 1.00 bits per heavy atom. The number of rotatable bonds is 8. The van der Waals surface area contributed by atoms with E-state index in [4.69, 9.17) is 0 Å². The van der Waals surface area contributed by atoms with E-state index in [9.17, 15) is 14.4 Å². The number of aromatic amines is 1. The third kappa shape index (κ3) is 4.35. The fraction of sp³-hybridized carbons (Fsp3) is 0.261. The first-order chi connectivity index (χ1) is 14.6. The predicted molar refractivity (Wildman–Crippen MR) is 114 cm³/mol. The van der Waals surface area contributed by atoms with Gasteiger partial charge in [0.2, 0.25) is 5.91 Å². The van der Waals surface area contributed by atoms with Crippen molar-refractivity contribution in [1.82, 2.24) is 20.5 Å². The van der Waals surface area contributed by atoms with Crippen molar-refractivity contribution < 1.29 is 14.4 Å². The van der Waals surface area contributed by atoms with Crippen molar-refractivity contribution in [3.63, 3.8) is 0 Å². The molecule has 1 aliphatic rings. The summed E-state index contributed by atoms with van der Waals surface area (Å²) in [6.07, 6.45) is 3.12. The number of aromatic nitrogens is 1. The average Bonchev–Trinajstić information content (AvgIpc) is 3.28. The number of amides is 4. The first kappa shape index (κ1) is 19.7. The molecule has 2 aromatic carbocycles. The lowest BCUT2D eigenvalue weighted by Gasteiger charge is -2.13. The van der Waals surface area contributed by atoms with Crippen molar-refractivity contribution in [2.24, 2.45) is 0 Å². The fourth-order valence-electron chi connectivity index (χ4n) is 3.75. The number of nitrogens with one attached hydrogen (secondary N) is 3. The number of hydrogen-bond donors (Lipinski definition) is 3. The van der Waals surface area contributed by atoms with Crippen LogP contribution >= 0.6 is 0 Å². The van der Waals surface area contributed by atoms with E-state index in [1.165, 1.54) is 4.90 Å². The number of imide groups is 1. The van der Waals surface area contributed by atoms with Gasteiger partial charge >= 0.3 is 6.03 Å². The molecule has 7 nitrogen and oxygen atoms in total. The average molecular weight is 404 g/mol. The van der Waals surface area contributed by atoms with Crippen LogP contribution in [-0.2, 0) is 22.4 Å². The van der Waals surface area contributed by atoms with Gasteiger partial charge < -0.3 is 15.6 Å². The minimum Gasteiger partial charge on any atom is -0.361 e. The Kier molecular flexibility index (Phi) is 5.79. The monoisotopic (exact) mass is 404 g/mol. The molecule has 1 atom stereocenters. The minimum atomic E-state index is -0.808. The second-order valence-electron chi connectivity index (χ2n) is 7.39. The van der Waals surface area contributed by atoms with E-state index in [-0.39, 0.29) is 24.8 Å². The topological polar surface area (TPSA) is 94.3 Å².